The summed E-state index contributed by atoms with van der Waals surface area (Å²) in [4.78, 5) is 6.98. The van der Waals surface area contributed by atoms with Crippen LogP contribution in [0.25, 0.3) is 0 Å². The predicted molar refractivity (Wildman–Crippen MR) is 74.6 cm³/mol. The molecular weight excluding hydrogens is 246 g/mol. The summed E-state index contributed by atoms with van der Waals surface area (Å²) in [5, 5.41) is 3.15. The molecule has 1 aromatic rings. The highest BCUT2D eigenvalue weighted by Crippen LogP contribution is 2.18. The Morgan fingerprint density at radius 2 is 2.50 bits per heavy atom. The quantitative estimate of drug-likeness (QED) is 0.860. The third kappa shape index (κ3) is 3.75. The molecule has 0 radical (unpaired) electrons. The van der Waals surface area contributed by atoms with E-state index in [4.69, 9.17) is 10.5 Å². The highest BCUT2D eigenvalue weighted by atomic mass is 32.1. The number of nitrogens with zero attached hydrogens (tertiary/aromatic N) is 2. The van der Waals surface area contributed by atoms with Gasteiger partial charge in [0, 0.05) is 25.1 Å². The van der Waals surface area contributed by atoms with Gasteiger partial charge in [0.15, 0.2) is 0 Å². The molecule has 2 rings (SSSR count). The van der Waals surface area contributed by atoms with Crippen LogP contribution in [0, 0.1) is 0 Å². The Bertz CT molecular complexity index is 361. The minimum absolute atomic E-state index is 0.0389. The molecule has 0 bridgehead atoms. The van der Waals surface area contributed by atoms with Gasteiger partial charge in [-0.15, -0.1) is 11.3 Å². The zero-order chi connectivity index (χ0) is 13.0. The van der Waals surface area contributed by atoms with Crippen molar-refractivity contribution in [2.75, 3.05) is 19.7 Å². The molecule has 2 heterocycles. The first-order chi connectivity index (χ1) is 8.69. The molecule has 0 amide bonds. The van der Waals surface area contributed by atoms with Gasteiger partial charge in [-0.2, -0.15) is 0 Å². The van der Waals surface area contributed by atoms with E-state index < -0.39 is 0 Å². The Kier molecular flexibility index (Phi) is 5.12. The zero-order valence-corrected chi connectivity index (χ0v) is 12.1. The number of ether oxygens (including phenoxy) is 1. The molecule has 1 aromatic heterocycles. The summed E-state index contributed by atoms with van der Waals surface area (Å²) in [5.74, 6) is 0. The lowest BCUT2D eigenvalue weighted by Gasteiger charge is -2.22. The molecule has 0 saturated carbocycles. The molecule has 1 saturated heterocycles. The van der Waals surface area contributed by atoms with Gasteiger partial charge in [-0.25, -0.2) is 4.98 Å². The summed E-state index contributed by atoms with van der Waals surface area (Å²) in [5.41, 5.74) is 6.97. The summed E-state index contributed by atoms with van der Waals surface area (Å²) in [6.45, 7) is 8.04. The van der Waals surface area contributed by atoms with E-state index in [2.05, 4.69) is 22.2 Å². The largest absolute Gasteiger partial charge is 0.377 e. The summed E-state index contributed by atoms with van der Waals surface area (Å²) in [7, 11) is 0. The van der Waals surface area contributed by atoms with E-state index in [1.54, 1.807) is 11.3 Å². The molecule has 102 valence electrons. The normalized spacial score (nSPS) is 21.7. The minimum atomic E-state index is 0.0389. The van der Waals surface area contributed by atoms with Crippen molar-refractivity contribution in [1.29, 1.82) is 0 Å². The van der Waals surface area contributed by atoms with Gasteiger partial charge >= 0.3 is 0 Å². The molecule has 1 aliphatic heterocycles. The molecule has 0 spiro atoms. The van der Waals surface area contributed by atoms with Crippen LogP contribution in [-0.4, -0.2) is 35.7 Å². The van der Waals surface area contributed by atoms with Crippen molar-refractivity contribution in [2.24, 2.45) is 5.73 Å². The average molecular weight is 269 g/mol. The third-order valence-electron chi connectivity index (χ3n) is 3.28. The molecule has 2 unspecified atom stereocenters. The SMILES string of the molecule is CCN(Cc1csc(C(C)N)n1)CC1CCCO1. The van der Waals surface area contributed by atoms with E-state index in [-0.39, 0.29) is 6.04 Å². The second-order valence-electron chi connectivity index (χ2n) is 4.93. The smallest absolute Gasteiger partial charge is 0.109 e. The first-order valence-electron chi connectivity index (χ1n) is 6.73. The number of nitrogens with two attached hydrogens (primary N) is 1. The fraction of sp³-hybridized carbons (Fsp3) is 0.769. The molecule has 1 fully saturated rings. The lowest BCUT2D eigenvalue weighted by molar-refractivity contribution is 0.0721. The van der Waals surface area contributed by atoms with Crippen molar-refractivity contribution in [3.8, 4) is 0 Å². The Hall–Kier alpha value is -0.490. The molecule has 0 aliphatic carbocycles. The number of hydrogen-bond donors (Lipinski definition) is 1. The van der Waals surface area contributed by atoms with Crippen molar-refractivity contribution < 1.29 is 4.74 Å². The van der Waals surface area contributed by atoms with Gasteiger partial charge in [0.05, 0.1) is 17.8 Å². The van der Waals surface area contributed by atoms with Gasteiger partial charge in [-0.05, 0) is 26.3 Å². The summed E-state index contributed by atoms with van der Waals surface area (Å²) in [6, 6.07) is 0.0389. The first-order valence-corrected chi connectivity index (χ1v) is 7.60. The molecule has 5 heteroatoms. The van der Waals surface area contributed by atoms with Gasteiger partial charge in [0.2, 0.25) is 0 Å². The Balaban J connectivity index is 1.88. The molecule has 1 aliphatic rings. The minimum Gasteiger partial charge on any atom is -0.377 e. The fourth-order valence-corrected chi connectivity index (χ4v) is 2.98. The highest BCUT2D eigenvalue weighted by Gasteiger charge is 2.19. The van der Waals surface area contributed by atoms with Gasteiger partial charge < -0.3 is 10.5 Å². The molecule has 0 aromatic carbocycles. The molecular formula is C13H23N3OS. The maximum atomic E-state index is 5.84. The van der Waals surface area contributed by atoms with E-state index in [1.165, 1.54) is 12.8 Å². The fourth-order valence-electron chi connectivity index (χ4n) is 2.22. The van der Waals surface area contributed by atoms with Crippen LogP contribution in [0.1, 0.15) is 43.4 Å². The van der Waals surface area contributed by atoms with E-state index >= 15 is 0 Å². The molecule has 4 nitrogen and oxygen atoms in total. The summed E-state index contributed by atoms with van der Waals surface area (Å²) >= 11 is 1.66. The van der Waals surface area contributed by atoms with E-state index in [0.29, 0.717) is 6.10 Å². The zero-order valence-electron chi connectivity index (χ0n) is 11.3. The lowest BCUT2D eigenvalue weighted by atomic mass is 10.2. The van der Waals surface area contributed by atoms with E-state index in [9.17, 15) is 0 Å². The summed E-state index contributed by atoms with van der Waals surface area (Å²) in [6.07, 6.45) is 2.81. The Morgan fingerprint density at radius 3 is 3.06 bits per heavy atom. The maximum Gasteiger partial charge on any atom is 0.109 e. The molecule has 18 heavy (non-hydrogen) atoms. The van der Waals surface area contributed by atoms with Crippen LogP contribution < -0.4 is 5.73 Å². The number of hydrogen-bond acceptors (Lipinski definition) is 5. The topological polar surface area (TPSA) is 51.4 Å². The second-order valence-corrected chi connectivity index (χ2v) is 5.82. The summed E-state index contributed by atoms with van der Waals surface area (Å²) < 4.78 is 5.69. The van der Waals surface area contributed by atoms with Crippen molar-refractivity contribution in [3.05, 3.63) is 16.1 Å². The van der Waals surface area contributed by atoms with Gasteiger partial charge in [-0.1, -0.05) is 6.92 Å². The highest BCUT2D eigenvalue weighted by molar-refractivity contribution is 7.09. The maximum absolute atomic E-state index is 5.84. The number of rotatable bonds is 6. The molecule has 2 atom stereocenters. The molecule has 2 N–H and O–H groups in total. The number of thiazole rings is 1. The second kappa shape index (κ2) is 6.61. The van der Waals surface area contributed by atoms with Crippen LogP contribution in [-0.2, 0) is 11.3 Å². The van der Waals surface area contributed by atoms with E-state index in [0.717, 1.165) is 36.9 Å². The van der Waals surface area contributed by atoms with Crippen LogP contribution in [0.2, 0.25) is 0 Å². The number of aromatic nitrogens is 1. The van der Waals surface area contributed by atoms with Crippen LogP contribution in [0.15, 0.2) is 5.38 Å². The van der Waals surface area contributed by atoms with Crippen molar-refractivity contribution in [1.82, 2.24) is 9.88 Å². The monoisotopic (exact) mass is 269 g/mol. The number of likely N-dealkylation sites (N-methyl/N-ethyl adjacent to an activating group) is 1. The Morgan fingerprint density at radius 1 is 1.67 bits per heavy atom. The van der Waals surface area contributed by atoms with Crippen LogP contribution >= 0.6 is 11.3 Å². The third-order valence-corrected chi connectivity index (χ3v) is 4.37. The van der Waals surface area contributed by atoms with Crippen LogP contribution in [0.4, 0.5) is 0 Å². The van der Waals surface area contributed by atoms with Crippen molar-refractivity contribution >= 4 is 11.3 Å². The van der Waals surface area contributed by atoms with Crippen LogP contribution in [0.5, 0.6) is 0 Å². The van der Waals surface area contributed by atoms with E-state index in [1.807, 2.05) is 6.92 Å². The van der Waals surface area contributed by atoms with Gasteiger partial charge in [0.25, 0.3) is 0 Å². The van der Waals surface area contributed by atoms with Gasteiger partial charge in [-0.3, -0.25) is 4.90 Å². The lowest BCUT2D eigenvalue weighted by Crippen LogP contribution is -2.31. The average Bonchev–Trinajstić information content (AvgIpc) is 2.99. The van der Waals surface area contributed by atoms with Gasteiger partial charge in [0.1, 0.15) is 5.01 Å². The van der Waals surface area contributed by atoms with Crippen molar-refractivity contribution in [3.63, 3.8) is 0 Å². The first kappa shape index (κ1) is 13.9. The van der Waals surface area contributed by atoms with Crippen molar-refractivity contribution in [2.45, 2.75) is 45.4 Å². The Labute approximate surface area is 113 Å². The predicted octanol–water partition coefficient (Wildman–Crippen LogP) is 2.16. The standard InChI is InChI=1S/C13H23N3OS/c1-3-16(8-12-5-4-6-17-12)7-11-9-18-13(15-11)10(2)14/h9-10,12H,3-8,14H2,1-2H3. The van der Waals surface area contributed by atoms with Crippen LogP contribution in [0.3, 0.4) is 0 Å².